The molecule has 1 aliphatic carbocycles. The monoisotopic (exact) mass is 382 g/mol. The number of benzene rings is 1. The number of thiophene rings is 1. The Morgan fingerprint density at radius 3 is 2.56 bits per heavy atom. The molecule has 0 bridgehead atoms. The third kappa shape index (κ3) is 4.00. The Hall–Kier alpha value is -1.20. The predicted molar refractivity (Wildman–Crippen MR) is 111 cm³/mol. The van der Waals surface area contributed by atoms with Crippen molar-refractivity contribution in [3.63, 3.8) is 0 Å². The van der Waals surface area contributed by atoms with E-state index >= 15 is 0 Å². The fourth-order valence-electron chi connectivity index (χ4n) is 4.98. The SMILES string of the molecule is c1ccc2c(c1)CC(N1CCCN(Cc3ccc(C4CCCO4)s3)CC1)C2. The number of hydrogen-bond donors (Lipinski definition) is 0. The van der Waals surface area contributed by atoms with E-state index < -0.39 is 0 Å². The lowest BCUT2D eigenvalue weighted by atomic mass is 10.1. The van der Waals surface area contributed by atoms with Gasteiger partial charge in [-0.3, -0.25) is 9.80 Å². The van der Waals surface area contributed by atoms with E-state index in [1.807, 2.05) is 11.3 Å². The average Bonchev–Trinajstić information content (AvgIpc) is 3.40. The van der Waals surface area contributed by atoms with Gasteiger partial charge in [-0.05, 0) is 68.5 Å². The molecule has 4 heteroatoms. The molecule has 0 saturated carbocycles. The molecular formula is C23H30N2OS. The minimum atomic E-state index is 0.368. The number of nitrogens with zero attached hydrogens (tertiary/aromatic N) is 2. The van der Waals surface area contributed by atoms with Gasteiger partial charge in [0.15, 0.2) is 0 Å². The molecule has 3 heterocycles. The van der Waals surface area contributed by atoms with Crippen molar-refractivity contribution in [2.45, 2.75) is 50.8 Å². The van der Waals surface area contributed by atoms with Gasteiger partial charge in [-0.2, -0.15) is 0 Å². The lowest BCUT2D eigenvalue weighted by Gasteiger charge is -2.27. The maximum Gasteiger partial charge on any atom is 0.0917 e. The smallest absolute Gasteiger partial charge is 0.0917 e. The van der Waals surface area contributed by atoms with Crippen LogP contribution in [0.5, 0.6) is 0 Å². The Bertz CT molecular complexity index is 742. The molecule has 0 amide bonds. The molecule has 2 aliphatic heterocycles. The van der Waals surface area contributed by atoms with Gasteiger partial charge >= 0.3 is 0 Å². The molecule has 1 aromatic carbocycles. The minimum Gasteiger partial charge on any atom is -0.373 e. The first-order chi connectivity index (χ1) is 13.3. The molecule has 0 radical (unpaired) electrons. The van der Waals surface area contributed by atoms with E-state index in [-0.39, 0.29) is 0 Å². The van der Waals surface area contributed by atoms with Crippen LogP contribution in [0.25, 0.3) is 0 Å². The van der Waals surface area contributed by atoms with Crippen LogP contribution in [0.4, 0.5) is 0 Å². The van der Waals surface area contributed by atoms with Crippen molar-refractivity contribution in [3.05, 3.63) is 57.3 Å². The highest BCUT2D eigenvalue weighted by Gasteiger charge is 2.28. The molecular weight excluding hydrogens is 352 g/mol. The molecule has 1 atom stereocenters. The Kier molecular flexibility index (Phi) is 5.32. The summed E-state index contributed by atoms with van der Waals surface area (Å²) in [5.74, 6) is 0. The zero-order chi connectivity index (χ0) is 18.1. The molecule has 3 nitrogen and oxygen atoms in total. The Morgan fingerprint density at radius 2 is 1.78 bits per heavy atom. The van der Waals surface area contributed by atoms with Crippen LogP contribution in [0, 0.1) is 0 Å². The van der Waals surface area contributed by atoms with Crippen LogP contribution in [-0.2, 0) is 24.1 Å². The third-order valence-corrected chi connectivity index (χ3v) is 7.64. The number of ether oxygens (including phenoxy) is 1. The van der Waals surface area contributed by atoms with E-state index in [2.05, 4.69) is 46.2 Å². The molecule has 3 aliphatic rings. The first-order valence-corrected chi connectivity index (χ1v) is 11.4. The Labute approximate surface area is 166 Å². The summed E-state index contributed by atoms with van der Waals surface area (Å²) in [6, 6.07) is 14.4. The van der Waals surface area contributed by atoms with Gasteiger partial charge in [0.1, 0.15) is 0 Å². The van der Waals surface area contributed by atoms with Crippen LogP contribution in [0.15, 0.2) is 36.4 Å². The summed E-state index contributed by atoms with van der Waals surface area (Å²) in [7, 11) is 0. The first-order valence-electron chi connectivity index (χ1n) is 10.6. The summed E-state index contributed by atoms with van der Waals surface area (Å²) in [6.45, 7) is 6.92. The van der Waals surface area contributed by atoms with E-state index in [0.717, 1.165) is 19.2 Å². The van der Waals surface area contributed by atoms with Crippen LogP contribution >= 0.6 is 11.3 Å². The lowest BCUT2D eigenvalue weighted by molar-refractivity contribution is 0.114. The van der Waals surface area contributed by atoms with E-state index in [1.165, 1.54) is 68.0 Å². The maximum absolute atomic E-state index is 5.85. The molecule has 1 aromatic heterocycles. The predicted octanol–water partition coefficient (Wildman–Crippen LogP) is 4.27. The van der Waals surface area contributed by atoms with Gasteiger partial charge in [-0.1, -0.05) is 24.3 Å². The van der Waals surface area contributed by atoms with Crippen molar-refractivity contribution in [2.24, 2.45) is 0 Å². The molecule has 2 fully saturated rings. The van der Waals surface area contributed by atoms with E-state index in [9.17, 15) is 0 Å². The van der Waals surface area contributed by atoms with Crippen molar-refractivity contribution in [2.75, 3.05) is 32.8 Å². The summed E-state index contributed by atoms with van der Waals surface area (Å²) in [5, 5.41) is 0. The molecule has 2 saturated heterocycles. The summed E-state index contributed by atoms with van der Waals surface area (Å²) in [4.78, 5) is 8.35. The zero-order valence-electron chi connectivity index (χ0n) is 16.1. The quantitative estimate of drug-likeness (QED) is 0.785. The molecule has 1 unspecified atom stereocenters. The van der Waals surface area contributed by atoms with Gasteiger partial charge in [-0.25, -0.2) is 0 Å². The standard InChI is InChI=1S/C23H30N2OS/c1-2-6-19-16-20(15-18(19)5-1)25-11-4-10-24(12-13-25)17-21-8-9-23(27-21)22-7-3-14-26-22/h1-2,5-6,8-9,20,22H,3-4,7,10-17H2. The highest BCUT2D eigenvalue weighted by molar-refractivity contribution is 7.12. The molecule has 144 valence electrons. The first kappa shape index (κ1) is 17.9. The fraction of sp³-hybridized carbons (Fsp3) is 0.565. The Balaban J connectivity index is 1.16. The normalized spacial score (nSPS) is 25.0. The van der Waals surface area contributed by atoms with Crippen LogP contribution in [0.3, 0.4) is 0 Å². The minimum absolute atomic E-state index is 0.368. The number of fused-ring (bicyclic) bond motifs is 1. The van der Waals surface area contributed by atoms with Crippen molar-refractivity contribution in [1.29, 1.82) is 0 Å². The van der Waals surface area contributed by atoms with E-state index in [0.29, 0.717) is 6.10 Å². The van der Waals surface area contributed by atoms with Gasteiger partial charge in [0.25, 0.3) is 0 Å². The topological polar surface area (TPSA) is 15.7 Å². The third-order valence-electron chi connectivity index (χ3n) is 6.48. The zero-order valence-corrected chi connectivity index (χ0v) is 16.9. The van der Waals surface area contributed by atoms with Crippen molar-refractivity contribution in [1.82, 2.24) is 9.80 Å². The fourth-order valence-corrected chi connectivity index (χ4v) is 6.12. The van der Waals surface area contributed by atoms with Crippen LogP contribution in [0.1, 0.15) is 46.2 Å². The largest absolute Gasteiger partial charge is 0.373 e. The van der Waals surface area contributed by atoms with E-state index in [1.54, 1.807) is 11.1 Å². The summed E-state index contributed by atoms with van der Waals surface area (Å²) < 4.78 is 5.85. The van der Waals surface area contributed by atoms with Crippen molar-refractivity contribution >= 4 is 11.3 Å². The van der Waals surface area contributed by atoms with Crippen molar-refractivity contribution < 1.29 is 4.74 Å². The number of hydrogen-bond acceptors (Lipinski definition) is 4. The van der Waals surface area contributed by atoms with Gasteiger partial charge in [0.2, 0.25) is 0 Å². The van der Waals surface area contributed by atoms with Gasteiger partial charge in [0.05, 0.1) is 6.10 Å². The highest BCUT2D eigenvalue weighted by atomic mass is 32.1. The molecule has 2 aromatic rings. The second kappa shape index (κ2) is 8.04. The second-order valence-corrected chi connectivity index (χ2v) is 9.50. The van der Waals surface area contributed by atoms with Crippen molar-refractivity contribution in [3.8, 4) is 0 Å². The summed E-state index contributed by atoms with van der Waals surface area (Å²) in [6.07, 6.45) is 6.55. The molecule has 0 N–H and O–H groups in total. The van der Waals surface area contributed by atoms with E-state index in [4.69, 9.17) is 4.74 Å². The summed E-state index contributed by atoms with van der Waals surface area (Å²) >= 11 is 1.97. The Morgan fingerprint density at radius 1 is 0.926 bits per heavy atom. The lowest BCUT2D eigenvalue weighted by Crippen LogP contribution is -2.38. The van der Waals surface area contributed by atoms with Gasteiger partial charge in [0, 0.05) is 42.0 Å². The molecule has 5 rings (SSSR count). The van der Waals surface area contributed by atoms with Crippen LogP contribution < -0.4 is 0 Å². The average molecular weight is 383 g/mol. The highest BCUT2D eigenvalue weighted by Crippen LogP contribution is 2.34. The summed E-state index contributed by atoms with van der Waals surface area (Å²) in [5.41, 5.74) is 3.15. The molecule has 0 spiro atoms. The van der Waals surface area contributed by atoms with Gasteiger partial charge in [-0.15, -0.1) is 11.3 Å². The number of rotatable bonds is 4. The molecule has 27 heavy (non-hydrogen) atoms. The van der Waals surface area contributed by atoms with Crippen LogP contribution in [0.2, 0.25) is 0 Å². The second-order valence-electron chi connectivity index (χ2n) is 8.30. The van der Waals surface area contributed by atoms with Crippen LogP contribution in [-0.4, -0.2) is 48.6 Å². The maximum atomic E-state index is 5.85. The van der Waals surface area contributed by atoms with Gasteiger partial charge < -0.3 is 4.74 Å².